The van der Waals surface area contributed by atoms with E-state index in [1.165, 1.54) is 18.2 Å². The van der Waals surface area contributed by atoms with E-state index in [4.69, 9.17) is 11.6 Å². The van der Waals surface area contributed by atoms with Crippen molar-refractivity contribution in [3.05, 3.63) is 49.6 Å². The quantitative estimate of drug-likeness (QED) is 0.648. The zero-order valence-electron chi connectivity index (χ0n) is 8.68. The molecule has 0 saturated heterocycles. The van der Waals surface area contributed by atoms with Crippen molar-refractivity contribution in [2.24, 2.45) is 0 Å². The number of hydrogen-bond acceptors (Lipinski definition) is 4. The number of nitrogens with one attached hydrogen (secondary N) is 1. The van der Waals surface area contributed by atoms with Gasteiger partial charge in [0, 0.05) is 6.07 Å². The van der Waals surface area contributed by atoms with Crippen LogP contribution in [0.1, 0.15) is 5.82 Å². The molecule has 0 radical (unpaired) electrons. The van der Waals surface area contributed by atoms with Crippen molar-refractivity contribution in [3.63, 3.8) is 0 Å². The van der Waals surface area contributed by atoms with Gasteiger partial charge in [0.15, 0.2) is 0 Å². The molecule has 0 saturated carbocycles. The number of H-pyrrole nitrogens is 1. The molecule has 17 heavy (non-hydrogen) atoms. The van der Waals surface area contributed by atoms with Crippen molar-refractivity contribution >= 4 is 17.3 Å². The van der Waals surface area contributed by atoms with E-state index in [0.29, 0.717) is 5.82 Å². The number of aromatic amines is 1. The molecule has 0 fully saturated rings. The molecule has 8 heteroatoms. The first-order valence-electron chi connectivity index (χ1n) is 4.59. The van der Waals surface area contributed by atoms with Crippen molar-refractivity contribution in [1.29, 1.82) is 0 Å². The van der Waals surface area contributed by atoms with Gasteiger partial charge < -0.3 is 0 Å². The van der Waals surface area contributed by atoms with Gasteiger partial charge in [-0.2, -0.15) is 9.78 Å². The Labute approximate surface area is 99.8 Å². The van der Waals surface area contributed by atoms with E-state index < -0.39 is 10.6 Å². The third-order valence-electron chi connectivity index (χ3n) is 2.10. The van der Waals surface area contributed by atoms with Gasteiger partial charge in [-0.3, -0.25) is 15.1 Å². The first-order chi connectivity index (χ1) is 7.99. The van der Waals surface area contributed by atoms with E-state index in [1.807, 2.05) is 0 Å². The number of halogens is 1. The minimum atomic E-state index is -0.615. The molecule has 88 valence electrons. The SMILES string of the molecule is Cc1nn(-c2ccc(Cl)c([N+](=O)[O-])c2)c(=O)[nH]1. The molecular formula is C9H7ClN4O3. The molecule has 0 amide bonds. The van der Waals surface area contributed by atoms with Gasteiger partial charge in [0.2, 0.25) is 0 Å². The normalized spacial score (nSPS) is 10.5. The largest absolute Gasteiger partial charge is 0.348 e. The van der Waals surface area contributed by atoms with Gasteiger partial charge in [-0.1, -0.05) is 11.6 Å². The number of nitro groups is 1. The standard InChI is InChI=1S/C9H7ClN4O3/c1-5-11-9(15)13(12-5)6-2-3-7(10)8(4-6)14(16)17/h2-4H,1H3,(H,11,12,15). The fourth-order valence-electron chi connectivity index (χ4n) is 1.38. The van der Waals surface area contributed by atoms with Crippen LogP contribution in [-0.2, 0) is 0 Å². The summed E-state index contributed by atoms with van der Waals surface area (Å²) in [6, 6.07) is 4.03. The van der Waals surface area contributed by atoms with Crippen LogP contribution in [0.25, 0.3) is 5.69 Å². The monoisotopic (exact) mass is 254 g/mol. The smallest absolute Gasteiger partial charge is 0.293 e. The Morgan fingerprint density at radius 3 is 2.76 bits per heavy atom. The summed E-state index contributed by atoms with van der Waals surface area (Å²) in [4.78, 5) is 24.0. The van der Waals surface area contributed by atoms with Crippen molar-refractivity contribution in [3.8, 4) is 5.69 Å². The predicted octanol–water partition coefficient (Wildman–Crippen LogP) is 1.43. The van der Waals surface area contributed by atoms with Gasteiger partial charge in [-0.05, 0) is 19.1 Å². The van der Waals surface area contributed by atoms with Crippen molar-refractivity contribution < 1.29 is 4.92 Å². The Hall–Kier alpha value is -2.15. The minimum absolute atomic E-state index is 0.0130. The number of hydrogen-bond donors (Lipinski definition) is 1. The van der Waals surface area contributed by atoms with Crippen molar-refractivity contribution in [1.82, 2.24) is 14.8 Å². The van der Waals surface area contributed by atoms with Crippen LogP contribution in [0.5, 0.6) is 0 Å². The molecule has 2 rings (SSSR count). The third kappa shape index (κ3) is 2.04. The van der Waals surface area contributed by atoms with E-state index in [9.17, 15) is 14.9 Å². The van der Waals surface area contributed by atoms with E-state index in [1.54, 1.807) is 6.92 Å². The van der Waals surface area contributed by atoms with E-state index in [-0.39, 0.29) is 16.4 Å². The zero-order chi connectivity index (χ0) is 12.6. The van der Waals surface area contributed by atoms with Crippen LogP contribution in [0, 0.1) is 17.0 Å². The second-order valence-electron chi connectivity index (χ2n) is 3.32. The highest BCUT2D eigenvalue weighted by molar-refractivity contribution is 6.32. The Morgan fingerprint density at radius 2 is 2.24 bits per heavy atom. The van der Waals surface area contributed by atoms with Gasteiger partial charge in [-0.15, -0.1) is 0 Å². The average molecular weight is 255 g/mol. The fourth-order valence-corrected chi connectivity index (χ4v) is 1.56. The van der Waals surface area contributed by atoms with Gasteiger partial charge in [0.1, 0.15) is 10.8 Å². The second-order valence-corrected chi connectivity index (χ2v) is 3.73. The Morgan fingerprint density at radius 1 is 1.53 bits per heavy atom. The van der Waals surface area contributed by atoms with Gasteiger partial charge >= 0.3 is 5.69 Å². The molecule has 0 atom stereocenters. The molecule has 1 N–H and O–H groups in total. The summed E-state index contributed by atoms with van der Waals surface area (Å²) in [5.74, 6) is 0.424. The first kappa shape index (κ1) is 11.3. The van der Waals surface area contributed by atoms with Crippen LogP contribution < -0.4 is 5.69 Å². The zero-order valence-corrected chi connectivity index (χ0v) is 9.43. The lowest BCUT2D eigenvalue weighted by Crippen LogP contribution is -2.16. The molecule has 1 heterocycles. The molecule has 0 aliphatic carbocycles. The van der Waals surface area contributed by atoms with E-state index in [0.717, 1.165) is 4.68 Å². The Balaban J connectivity index is 2.61. The van der Waals surface area contributed by atoms with Crippen molar-refractivity contribution in [2.45, 2.75) is 6.92 Å². The number of nitro benzene ring substituents is 1. The van der Waals surface area contributed by atoms with Gasteiger partial charge in [-0.25, -0.2) is 4.79 Å². The Kier molecular flexibility index (Phi) is 2.68. The maximum absolute atomic E-state index is 11.4. The highest BCUT2D eigenvalue weighted by atomic mass is 35.5. The predicted molar refractivity (Wildman–Crippen MR) is 60.6 cm³/mol. The molecule has 2 aromatic rings. The summed E-state index contributed by atoms with van der Waals surface area (Å²) in [7, 11) is 0. The van der Waals surface area contributed by atoms with Crippen LogP contribution >= 0.6 is 11.6 Å². The highest BCUT2D eigenvalue weighted by Gasteiger charge is 2.15. The summed E-state index contributed by atoms with van der Waals surface area (Å²) < 4.78 is 1.04. The lowest BCUT2D eigenvalue weighted by atomic mass is 10.3. The van der Waals surface area contributed by atoms with Crippen LogP contribution in [0.15, 0.2) is 23.0 Å². The maximum atomic E-state index is 11.4. The molecule has 0 aliphatic rings. The maximum Gasteiger partial charge on any atom is 0.348 e. The molecule has 0 spiro atoms. The number of nitrogens with zero attached hydrogens (tertiary/aromatic N) is 3. The molecule has 0 bridgehead atoms. The topological polar surface area (TPSA) is 93.8 Å². The van der Waals surface area contributed by atoms with Crippen LogP contribution in [0.3, 0.4) is 0 Å². The van der Waals surface area contributed by atoms with Gasteiger partial charge in [0.05, 0.1) is 10.6 Å². The third-order valence-corrected chi connectivity index (χ3v) is 2.42. The summed E-state index contributed by atoms with van der Waals surface area (Å²) in [5, 5.41) is 14.6. The molecule has 1 aromatic carbocycles. The number of rotatable bonds is 2. The molecule has 0 unspecified atom stereocenters. The fraction of sp³-hybridized carbons (Fsp3) is 0.111. The van der Waals surface area contributed by atoms with Crippen LogP contribution in [0.4, 0.5) is 5.69 Å². The lowest BCUT2D eigenvalue weighted by Gasteiger charge is -2.00. The highest BCUT2D eigenvalue weighted by Crippen LogP contribution is 2.25. The summed E-state index contributed by atoms with van der Waals surface area (Å²) in [5.41, 5.74) is -0.439. The number of aromatic nitrogens is 3. The Bertz CT molecular complexity index is 646. The molecule has 1 aromatic heterocycles. The van der Waals surface area contributed by atoms with E-state index in [2.05, 4.69) is 10.1 Å². The van der Waals surface area contributed by atoms with Crippen LogP contribution in [0.2, 0.25) is 5.02 Å². The van der Waals surface area contributed by atoms with Crippen molar-refractivity contribution in [2.75, 3.05) is 0 Å². The number of aryl methyl sites for hydroxylation is 1. The minimum Gasteiger partial charge on any atom is -0.293 e. The van der Waals surface area contributed by atoms with Gasteiger partial charge in [0.25, 0.3) is 5.69 Å². The molecule has 7 nitrogen and oxygen atoms in total. The summed E-state index contributed by atoms with van der Waals surface area (Å²) >= 11 is 5.67. The second kappa shape index (κ2) is 4.02. The van der Waals surface area contributed by atoms with E-state index >= 15 is 0 Å². The molecule has 0 aliphatic heterocycles. The lowest BCUT2D eigenvalue weighted by molar-refractivity contribution is -0.384. The average Bonchev–Trinajstić information content (AvgIpc) is 2.58. The number of benzene rings is 1. The summed E-state index contributed by atoms with van der Waals surface area (Å²) in [6.07, 6.45) is 0. The first-order valence-corrected chi connectivity index (χ1v) is 4.97. The van der Waals surface area contributed by atoms with Crippen LogP contribution in [-0.4, -0.2) is 19.7 Å². The molecular weight excluding hydrogens is 248 g/mol. The summed E-state index contributed by atoms with van der Waals surface area (Å²) in [6.45, 7) is 1.61.